The topological polar surface area (TPSA) is 84.9 Å². The zero-order valence-electron chi connectivity index (χ0n) is 15.0. The second-order valence-electron chi connectivity index (χ2n) is 6.55. The first-order valence-corrected chi connectivity index (χ1v) is 9.73. The highest BCUT2D eigenvalue weighted by molar-refractivity contribution is 7.15. The van der Waals surface area contributed by atoms with Gasteiger partial charge in [-0.3, -0.25) is 4.90 Å². The number of benzene rings is 1. The molecule has 4 rings (SSSR count). The molecule has 9 heteroatoms. The molecular formula is C18H21N5O3S. The summed E-state index contributed by atoms with van der Waals surface area (Å²) in [7, 11) is 0. The highest BCUT2D eigenvalue weighted by atomic mass is 32.1. The van der Waals surface area contributed by atoms with E-state index < -0.39 is 0 Å². The van der Waals surface area contributed by atoms with Gasteiger partial charge < -0.3 is 20.2 Å². The number of hydrogen-bond donors (Lipinski definition) is 1. The number of thiazole rings is 1. The molecule has 1 aromatic carbocycles. The summed E-state index contributed by atoms with van der Waals surface area (Å²) >= 11 is 1.38. The van der Waals surface area contributed by atoms with E-state index in [1.807, 2.05) is 0 Å². The van der Waals surface area contributed by atoms with Crippen LogP contribution in [0.4, 0.5) is 11.6 Å². The summed E-state index contributed by atoms with van der Waals surface area (Å²) in [6.07, 6.45) is 1.68. The Morgan fingerprint density at radius 3 is 2.78 bits per heavy atom. The SMILES string of the molecule is Cc1ccc(C(CNc2nc3sccn3c2[N+](=O)[O-])N2CCOCC2)cc1. The minimum Gasteiger partial charge on any atom is -0.379 e. The number of nitrogens with zero attached hydrogens (tertiary/aromatic N) is 4. The Kier molecular flexibility index (Phi) is 5.06. The Balaban J connectivity index is 1.60. The number of ether oxygens (including phenoxy) is 1. The molecule has 3 heterocycles. The number of anilines is 1. The van der Waals surface area contributed by atoms with Crippen LogP contribution in [0.5, 0.6) is 0 Å². The molecule has 0 amide bonds. The monoisotopic (exact) mass is 387 g/mol. The summed E-state index contributed by atoms with van der Waals surface area (Å²) in [6.45, 7) is 5.66. The number of aryl methyl sites for hydroxylation is 1. The van der Waals surface area contributed by atoms with E-state index in [1.54, 1.807) is 11.6 Å². The van der Waals surface area contributed by atoms with E-state index in [1.165, 1.54) is 26.9 Å². The van der Waals surface area contributed by atoms with Gasteiger partial charge in [0.2, 0.25) is 5.82 Å². The van der Waals surface area contributed by atoms with Gasteiger partial charge in [-0.1, -0.05) is 41.2 Å². The van der Waals surface area contributed by atoms with Crippen LogP contribution in [-0.2, 0) is 4.74 Å². The number of fused-ring (bicyclic) bond motifs is 1. The molecule has 1 unspecified atom stereocenters. The second-order valence-corrected chi connectivity index (χ2v) is 7.43. The molecule has 0 bridgehead atoms. The van der Waals surface area contributed by atoms with Gasteiger partial charge in [0.25, 0.3) is 4.96 Å². The molecule has 1 fully saturated rings. The van der Waals surface area contributed by atoms with E-state index in [4.69, 9.17) is 4.74 Å². The van der Waals surface area contributed by atoms with Crippen LogP contribution in [0.1, 0.15) is 17.2 Å². The highest BCUT2D eigenvalue weighted by Crippen LogP contribution is 2.30. The predicted octanol–water partition coefficient (Wildman–Crippen LogP) is 3.10. The summed E-state index contributed by atoms with van der Waals surface area (Å²) in [5, 5.41) is 16.6. The number of aromatic nitrogens is 2. The van der Waals surface area contributed by atoms with Crippen molar-refractivity contribution in [1.29, 1.82) is 0 Å². The highest BCUT2D eigenvalue weighted by Gasteiger charge is 2.27. The van der Waals surface area contributed by atoms with Crippen LogP contribution < -0.4 is 5.32 Å². The largest absolute Gasteiger partial charge is 0.379 e. The van der Waals surface area contributed by atoms with Gasteiger partial charge in [0.05, 0.1) is 19.3 Å². The molecule has 0 radical (unpaired) electrons. The first-order chi connectivity index (χ1) is 13.1. The van der Waals surface area contributed by atoms with Crippen LogP contribution in [0.15, 0.2) is 35.8 Å². The molecule has 1 saturated heterocycles. The fourth-order valence-electron chi connectivity index (χ4n) is 3.40. The minimum atomic E-state index is -0.384. The van der Waals surface area contributed by atoms with Crippen molar-refractivity contribution in [3.05, 3.63) is 57.1 Å². The molecule has 27 heavy (non-hydrogen) atoms. The van der Waals surface area contributed by atoms with Crippen LogP contribution in [0.25, 0.3) is 4.96 Å². The normalized spacial score (nSPS) is 16.5. The maximum atomic E-state index is 11.5. The maximum absolute atomic E-state index is 11.5. The van der Waals surface area contributed by atoms with Gasteiger partial charge in [-0.15, -0.1) is 0 Å². The molecule has 0 spiro atoms. The second kappa shape index (κ2) is 7.63. The van der Waals surface area contributed by atoms with Crippen molar-refractivity contribution < 1.29 is 9.66 Å². The lowest BCUT2D eigenvalue weighted by Gasteiger charge is -2.35. The van der Waals surface area contributed by atoms with E-state index in [0.29, 0.717) is 30.5 Å². The third-order valence-corrected chi connectivity index (χ3v) is 5.58. The van der Waals surface area contributed by atoms with Gasteiger partial charge in [-0.05, 0) is 17.4 Å². The van der Waals surface area contributed by atoms with Gasteiger partial charge in [-0.25, -0.2) is 0 Å². The van der Waals surface area contributed by atoms with Crippen LogP contribution >= 0.6 is 11.3 Å². The van der Waals surface area contributed by atoms with Gasteiger partial charge in [0, 0.05) is 25.0 Å². The number of hydrogen-bond acceptors (Lipinski definition) is 7. The minimum absolute atomic E-state index is 0.0177. The molecule has 3 aromatic rings. The van der Waals surface area contributed by atoms with Crippen molar-refractivity contribution >= 4 is 27.9 Å². The number of nitrogens with one attached hydrogen (secondary N) is 1. The Hall–Kier alpha value is -2.49. The summed E-state index contributed by atoms with van der Waals surface area (Å²) in [4.78, 5) is 18.5. The quantitative estimate of drug-likeness (QED) is 0.517. The van der Waals surface area contributed by atoms with Crippen LogP contribution in [0.2, 0.25) is 0 Å². The molecule has 1 atom stereocenters. The van der Waals surface area contributed by atoms with Crippen LogP contribution in [-0.4, -0.2) is 52.1 Å². The van der Waals surface area contributed by atoms with Crippen molar-refractivity contribution in [2.75, 3.05) is 38.2 Å². The lowest BCUT2D eigenvalue weighted by atomic mass is 10.0. The van der Waals surface area contributed by atoms with Crippen LogP contribution in [0.3, 0.4) is 0 Å². The molecule has 0 aliphatic carbocycles. The van der Waals surface area contributed by atoms with Gasteiger partial charge in [0.15, 0.2) is 0 Å². The third kappa shape index (κ3) is 3.66. The number of morpholine rings is 1. The van der Waals surface area contributed by atoms with E-state index in [-0.39, 0.29) is 16.8 Å². The molecule has 8 nitrogen and oxygen atoms in total. The van der Waals surface area contributed by atoms with E-state index in [2.05, 4.69) is 46.4 Å². The van der Waals surface area contributed by atoms with E-state index in [0.717, 1.165) is 13.1 Å². The first kappa shape index (κ1) is 17.9. The number of rotatable bonds is 6. The Labute approximate surface area is 160 Å². The van der Waals surface area contributed by atoms with Crippen molar-refractivity contribution in [3.8, 4) is 0 Å². The van der Waals surface area contributed by atoms with Crippen molar-refractivity contribution in [3.63, 3.8) is 0 Å². The van der Waals surface area contributed by atoms with Crippen molar-refractivity contribution in [2.24, 2.45) is 0 Å². The Bertz CT molecular complexity index is 930. The zero-order chi connectivity index (χ0) is 18.8. The molecule has 0 saturated carbocycles. The maximum Gasteiger partial charge on any atom is 0.372 e. The lowest BCUT2D eigenvalue weighted by Crippen LogP contribution is -2.41. The van der Waals surface area contributed by atoms with Gasteiger partial charge >= 0.3 is 5.82 Å². The summed E-state index contributed by atoms with van der Waals surface area (Å²) in [5.41, 5.74) is 2.39. The van der Waals surface area contributed by atoms with Crippen molar-refractivity contribution in [1.82, 2.24) is 14.3 Å². The molecule has 1 aliphatic rings. The summed E-state index contributed by atoms with van der Waals surface area (Å²) < 4.78 is 7.00. The average Bonchev–Trinajstić information content (AvgIpc) is 3.24. The molecule has 2 aromatic heterocycles. The molecule has 1 aliphatic heterocycles. The van der Waals surface area contributed by atoms with E-state index in [9.17, 15) is 10.1 Å². The fourth-order valence-corrected chi connectivity index (χ4v) is 4.10. The number of nitro groups is 1. The predicted molar refractivity (Wildman–Crippen MR) is 105 cm³/mol. The summed E-state index contributed by atoms with van der Waals surface area (Å²) in [6, 6.07) is 8.53. The lowest BCUT2D eigenvalue weighted by molar-refractivity contribution is -0.389. The Morgan fingerprint density at radius 1 is 1.33 bits per heavy atom. The van der Waals surface area contributed by atoms with Gasteiger partial charge in [0.1, 0.15) is 6.20 Å². The molecular weight excluding hydrogens is 366 g/mol. The smallest absolute Gasteiger partial charge is 0.372 e. The van der Waals surface area contributed by atoms with Crippen LogP contribution in [0, 0.1) is 17.0 Å². The average molecular weight is 387 g/mol. The van der Waals surface area contributed by atoms with E-state index >= 15 is 0 Å². The first-order valence-electron chi connectivity index (χ1n) is 8.85. The standard InChI is InChI=1S/C18H21N5O3S/c1-13-2-4-14(5-3-13)15(21-6-9-26-10-7-21)12-19-16-17(23(24)25)22-8-11-27-18(22)20-16/h2-5,8,11,15,19H,6-7,9-10,12H2,1H3. The zero-order valence-corrected chi connectivity index (χ0v) is 15.8. The van der Waals surface area contributed by atoms with Gasteiger partial charge in [-0.2, -0.15) is 9.38 Å². The molecule has 142 valence electrons. The Morgan fingerprint density at radius 2 is 2.07 bits per heavy atom. The van der Waals surface area contributed by atoms with Crippen molar-refractivity contribution in [2.45, 2.75) is 13.0 Å². The molecule has 1 N–H and O–H groups in total. The fraction of sp³-hybridized carbons (Fsp3) is 0.389. The summed E-state index contributed by atoms with van der Waals surface area (Å²) in [5.74, 6) is 0.299. The third-order valence-electron chi connectivity index (χ3n) is 4.82. The number of imidazole rings is 1.